The summed E-state index contributed by atoms with van der Waals surface area (Å²) in [5.74, 6) is 1.52. The molecule has 0 radical (unpaired) electrons. The number of hydrogen-bond acceptors (Lipinski definition) is 3. The summed E-state index contributed by atoms with van der Waals surface area (Å²) < 4.78 is 13.0. The van der Waals surface area contributed by atoms with Crippen molar-refractivity contribution >= 4 is 11.6 Å². The fourth-order valence-corrected chi connectivity index (χ4v) is 1.91. The highest BCUT2D eigenvalue weighted by atomic mass is 19.1. The Morgan fingerprint density at radius 3 is 2.40 bits per heavy atom. The number of nitrogens with one attached hydrogen (secondary N) is 2. The van der Waals surface area contributed by atoms with Gasteiger partial charge in [0.15, 0.2) is 0 Å². The summed E-state index contributed by atoms with van der Waals surface area (Å²) in [4.78, 5) is 4.46. The minimum atomic E-state index is -0.189. The lowest BCUT2D eigenvalue weighted by molar-refractivity contribution is 0.625. The molecule has 2 rings (SSSR count). The van der Waals surface area contributed by atoms with E-state index >= 15 is 0 Å². The van der Waals surface area contributed by atoms with Gasteiger partial charge in [-0.15, -0.1) is 0 Å². The molecule has 0 unspecified atom stereocenters. The van der Waals surface area contributed by atoms with Gasteiger partial charge in [-0.2, -0.15) is 0 Å². The third-order valence-corrected chi connectivity index (χ3v) is 2.91. The Balaban J connectivity index is 1.84. The molecule has 4 heteroatoms. The lowest BCUT2D eigenvalue weighted by Gasteiger charge is -2.08. The maximum absolute atomic E-state index is 13.0. The Bertz CT molecular complexity index is 543. The zero-order valence-electron chi connectivity index (χ0n) is 11.7. The van der Waals surface area contributed by atoms with Gasteiger partial charge in [-0.25, -0.2) is 9.37 Å². The first-order valence-electron chi connectivity index (χ1n) is 6.97. The maximum Gasteiger partial charge on any atom is 0.128 e. The number of pyridine rings is 1. The van der Waals surface area contributed by atoms with Crippen LogP contribution in [0, 0.1) is 5.82 Å². The van der Waals surface area contributed by atoms with Crippen LogP contribution in [-0.2, 0) is 6.42 Å². The quantitative estimate of drug-likeness (QED) is 0.807. The lowest BCUT2D eigenvalue weighted by Crippen LogP contribution is -2.08. The average Bonchev–Trinajstić information content (AvgIpc) is 2.46. The zero-order valence-corrected chi connectivity index (χ0v) is 11.7. The summed E-state index contributed by atoms with van der Waals surface area (Å²) in [6, 6.07) is 12.5. The molecular formula is C16H20FN3. The second kappa shape index (κ2) is 7.48. The van der Waals surface area contributed by atoms with Crippen molar-refractivity contribution < 1.29 is 4.39 Å². The Labute approximate surface area is 119 Å². The second-order valence-corrected chi connectivity index (χ2v) is 4.64. The molecule has 0 saturated carbocycles. The number of aromatic nitrogens is 1. The van der Waals surface area contributed by atoms with Crippen LogP contribution in [0.3, 0.4) is 0 Å². The molecule has 0 fully saturated rings. The molecule has 1 heterocycles. The summed E-state index contributed by atoms with van der Waals surface area (Å²) in [6.45, 7) is 3.77. The minimum Gasteiger partial charge on any atom is -0.370 e. The van der Waals surface area contributed by atoms with Crippen molar-refractivity contribution in [2.75, 3.05) is 23.7 Å². The van der Waals surface area contributed by atoms with Crippen molar-refractivity contribution in [2.24, 2.45) is 0 Å². The van der Waals surface area contributed by atoms with Gasteiger partial charge >= 0.3 is 0 Å². The van der Waals surface area contributed by atoms with E-state index in [1.165, 1.54) is 6.07 Å². The Kier molecular flexibility index (Phi) is 5.35. The van der Waals surface area contributed by atoms with Crippen LogP contribution in [0.2, 0.25) is 0 Å². The van der Waals surface area contributed by atoms with Gasteiger partial charge in [-0.1, -0.05) is 25.1 Å². The van der Waals surface area contributed by atoms with Gasteiger partial charge in [0.2, 0.25) is 0 Å². The van der Waals surface area contributed by atoms with Gasteiger partial charge in [0.05, 0.1) is 0 Å². The van der Waals surface area contributed by atoms with Crippen molar-refractivity contribution in [1.29, 1.82) is 0 Å². The van der Waals surface area contributed by atoms with E-state index in [1.54, 1.807) is 12.1 Å². The van der Waals surface area contributed by atoms with Crippen molar-refractivity contribution in [1.82, 2.24) is 4.98 Å². The fourth-order valence-electron chi connectivity index (χ4n) is 1.91. The molecule has 0 aliphatic carbocycles. The molecule has 1 aromatic carbocycles. The van der Waals surface area contributed by atoms with E-state index in [1.807, 2.05) is 24.3 Å². The molecule has 106 valence electrons. The fraction of sp³-hybridized carbons (Fsp3) is 0.312. The second-order valence-electron chi connectivity index (χ2n) is 4.64. The summed E-state index contributed by atoms with van der Waals surface area (Å²) in [5, 5.41) is 6.51. The van der Waals surface area contributed by atoms with Gasteiger partial charge in [0.1, 0.15) is 17.5 Å². The largest absolute Gasteiger partial charge is 0.370 e. The molecule has 2 N–H and O–H groups in total. The van der Waals surface area contributed by atoms with E-state index in [2.05, 4.69) is 22.5 Å². The van der Waals surface area contributed by atoms with Gasteiger partial charge in [-0.05, 0) is 42.7 Å². The third kappa shape index (κ3) is 4.53. The van der Waals surface area contributed by atoms with Gasteiger partial charge in [0.25, 0.3) is 0 Å². The molecule has 0 saturated heterocycles. The monoisotopic (exact) mass is 273 g/mol. The first-order valence-corrected chi connectivity index (χ1v) is 6.97. The number of benzene rings is 1. The first-order chi connectivity index (χ1) is 9.78. The van der Waals surface area contributed by atoms with Crippen LogP contribution in [-0.4, -0.2) is 18.1 Å². The highest BCUT2D eigenvalue weighted by molar-refractivity contribution is 5.45. The molecule has 1 aromatic heterocycles. The van der Waals surface area contributed by atoms with Gasteiger partial charge in [0, 0.05) is 13.1 Å². The number of halogens is 1. The average molecular weight is 273 g/mol. The smallest absolute Gasteiger partial charge is 0.128 e. The lowest BCUT2D eigenvalue weighted by atomic mass is 10.1. The zero-order chi connectivity index (χ0) is 14.2. The van der Waals surface area contributed by atoms with Crippen molar-refractivity contribution in [2.45, 2.75) is 19.8 Å². The summed E-state index contributed by atoms with van der Waals surface area (Å²) in [6.07, 6.45) is 1.84. The Morgan fingerprint density at radius 1 is 1.00 bits per heavy atom. The molecule has 0 bridgehead atoms. The van der Waals surface area contributed by atoms with Crippen LogP contribution < -0.4 is 10.6 Å². The predicted octanol–water partition coefficient (Wildman–Crippen LogP) is 3.70. The summed E-state index contributed by atoms with van der Waals surface area (Å²) >= 11 is 0. The topological polar surface area (TPSA) is 37.0 Å². The minimum absolute atomic E-state index is 0.189. The Hall–Kier alpha value is -2.10. The standard InChI is InChI=1S/C16H20FN3/c1-2-10-18-15-7-4-8-16(20-15)19-11-9-13-5-3-6-14(17)12-13/h3-8,12H,2,9-11H2,1H3,(H2,18,19,20). The van der Waals surface area contributed by atoms with Crippen molar-refractivity contribution in [3.05, 3.63) is 53.8 Å². The highest BCUT2D eigenvalue weighted by Gasteiger charge is 1.98. The van der Waals surface area contributed by atoms with E-state index < -0.39 is 0 Å². The van der Waals surface area contributed by atoms with Crippen LogP contribution in [0.15, 0.2) is 42.5 Å². The number of anilines is 2. The Morgan fingerprint density at radius 2 is 1.70 bits per heavy atom. The SMILES string of the molecule is CCCNc1cccc(NCCc2cccc(F)c2)n1. The van der Waals surface area contributed by atoms with E-state index in [9.17, 15) is 4.39 Å². The van der Waals surface area contributed by atoms with E-state index in [-0.39, 0.29) is 5.82 Å². The third-order valence-electron chi connectivity index (χ3n) is 2.91. The van der Waals surface area contributed by atoms with Crippen LogP contribution in [0.1, 0.15) is 18.9 Å². The molecule has 2 aromatic rings. The maximum atomic E-state index is 13.0. The van der Waals surface area contributed by atoms with E-state index in [0.29, 0.717) is 0 Å². The van der Waals surface area contributed by atoms with Crippen molar-refractivity contribution in [3.8, 4) is 0 Å². The molecule has 0 aliphatic rings. The van der Waals surface area contributed by atoms with Gasteiger partial charge < -0.3 is 10.6 Å². The number of nitrogens with zero attached hydrogens (tertiary/aromatic N) is 1. The molecule has 0 aliphatic heterocycles. The van der Waals surface area contributed by atoms with Gasteiger partial charge in [-0.3, -0.25) is 0 Å². The van der Waals surface area contributed by atoms with E-state index in [4.69, 9.17) is 0 Å². The number of rotatable bonds is 7. The molecule has 0 spiro atoms. The molecule has 0 atom stereocenters. The van der Waals surface area contributed by atoms with Crippen molar-refractivity contribution in [3.63, 3.8) is 0 Å². The molecule has 3 nitrogen and oxygen atoms in total. The predicted molar refractivity (Wildman–Crippen MR) is 81.6 cm³/mol. The van der Waals surface area contributed by atoms with Crippen LogP contribution in [0.25, 0.3) is 0 Å². The highest BCUT2D eigenvalue weighted by Crippen LogP contribution is 2.10. The summed E-state index contributed by atoms with van der Waals surface area (Å²) in [7, 11) is 0. The summed E-state index contributed by atoms with van der Waals surface area (Å²) in [5.41, 5.74) is 0.984. The van der Waals surface area contributed by atoms with E-state index in [0.717, 1.165) is 43.1 Å². The molecular weight excluding hydrogens is 253 g/mol. The first kappa shape index (κ1) is 14.3. The van der Waals surface area contributed by atoms with Crippen LogP contribution in [0.5, 0.6) is 0 Å². The molecule has 20 heavy (non-hydrogen) atoms. The van der Waals surface area contributed by atoms with Crippen LogP contribution in [0.4, 0.5) is 16.0 Å². The number of hydrogen-bond donors (Lipinski definition) is 2. The van der Waals surface area contributed by atoms with Crippen LogP contribution >= 0.6 is 0 Å². The normalized spacial score (nSPS) is 10.3. The molecule has 0 amide bonds.